The molecule has 116 valence electrons. The lowest BCUT2D eigenvalue weighted by atomic mass is 9.98. The van der Waals surface area contributed by atoms with E-state index in [1.54, 1.807) is 31.1 Å². The van der Waals surface area contributed by atoms with Gasteiger partial charge in [0.05, 0.1) is 11.4 Å². The van der Waals surface area contributed by atoms with Crippen LogP contribution in [0.2, 0.25) is 0 Å². The first-order valence-corrected chi connectivity index (χ1v) is 7.46. The van der Waals surface area contributed by atoms with Gasteiger partial charge in [-0.05, 0) is 45.0 Å². The Morgan fingerprint density at radius 3 is 2.76 bits per heavy atom. The minimum atomic E-state index is -0.00482. The maximum Gasteiger partial charge on any atom is 0.253 e. The third-order valence-corrected chi connectivity index (χ3v) is 4.27. The van der Waals surface area contributed by atoms with Crippen LogP contribution in [0, 0.1) is 0 Å². The van der Waals surface area contributed by atoms with Gasteiger partial charge in [0, 0.05) is 38.3 Å². The maximum absolute atomic E-state index is 12.0. The third-order valence-electron chi connectivity index (χ3n) is 4.27. The van der Waals surface area contributed by atoms with Crippen LogP contribution in [0.5, 0.6) is 0 Å². The van der Waals surface area contributed by atoms with Crippen molar-refractivity contribution in [1.82, 2.24) is 9.80 Å². The zero-order valence-corrected chi connectivity index (χ0v) is 13.4. The largest absolute Gasteiger partial charge is 0.397 e. The van der Waals surface area contributed by atoms with Crippen molar-refractivity contribution >= 4 is 17.3 Å². The zero-order chi connectivity index (χ0) is 15.6. The Labute approximate surface area is 127 Å². The molecule has 0 aromatic heterocycles. The van der Waals surface area contributed by atoms with Gasteiger partial charge < -0.3 is 20.9 Å². The van der Waals surface area contributed by atoms with E-state index in [2.05, 4.69) is 24.2 Å². The number of nitrogen functional groups attached to an aromatic ring is 1. The first kappa shape index (κ1) is 15.6. The van der Waals surface area contributed by atoms with Gasteiger partial charge in [-0.2, -0.15) is 0 Å². The Balaban J connectivity index is 2.12. The molecule has 0 bridgehead atoms. The fourth-order valence-corrected chi connectivity index (χ4v) is 2.71. The second kappa shape index (κ2) is 6.35. The quantitative estimate of drug-likeness (QED) is 0.834. The Morgan fingerprint density at radius 1 is 1.43 bits per heavy atom. The topological polar surface area (TPSA) is 61.6 Å². The van der Waals surface area contributed by atoms with Gasteiger partial charge in [0.1, 0.15) is 0 Å². The second-order valence-electron chi connectivity index (χ2n) is 6.20. The predicted molar refractivity (Wildman–Crippen MR) is 87.6 cm³/mol. The summed E-state index contributed by atoms with van der Waals surface area (Å²) in [5.41, 5.74) is 8.27. The molecule has 2 rings (SSSR count). The number of amides is 1. The lowest BCUT2D eigenvalue weighted by Crippen LogP contribution is -2.42. The highest BCUT2D eigenvalue weighted by atomic mass is 16.2. The zero-order valence-electron chi connectivity index (χ0n) is 13.4. The van der Waals surface area contributed by atoms with Crippen LogP contribution in [0.3, 0.4) is 0 Å². The minimum absolute atomic E-state index is 0.00482. The van der Waals surface area contributed by atoms with Gasteiger partial charge in [-0.25, -0.2) is 0 Å². The first-order chi connectivity index (χ1) is 9.88. The van der Waals surface area contributed by atoms with Gasteiger partial charge in [0.25, 0.3) is 5.91 Å². The molecule has 2 atom stereocenters. The van der Waals surface area contributed by atoms with E-state index in [9.17, 15) is 4.79 Å². The maximum atomic E-state index is 12.0. The summed E-state index contributed by atoms with van der Waals surface area (Å²) in [4.78, 5) is 16.0. The van der Waals surface area contributed by atoms with Crippen LogP contribution in [0.4, 0.5) is 11.4 Å². The van der Waals surface area contributed by atoms with Crippen LogP contribution in [-0.4, -0.2) is 55.5 Å². The van der Waals surface area contributed by atoms with E-state index in [0.717, 1.165) is 25.1 Å². The van der Waals surface area contributed by atoms with Gasteiger partial charge in [-0.1, -0.05) is 0 Å². The number of rotatable bonds is 3. The lowest BCUT2D eigenvalue weighted by molar-refractivity contribution is 0.0827. The Kier molecular flexibility index (Phi) is 4.73. The molecular weight excluding hydrogens is 264 g/mol. The molecule has 0 radical (unpaired) electrons. The van der Waals surface area contributed by atoms with Crippen molar-refractivity contribution in [2.45, 2.75) is 31.8 Å². The van der Waals surface area contributed by atoms with E-state index < -0.39 is 0 Å². The van der Waals surface area contributed by atoms with Crippen LogP contribution in [0.25, 0.3) is 0 Å². The molecule has 1 heterocycles. The van der Waals surface area contributed by atoms with Crippen LogP contribution in [0.1, 0.15) is 30.1 Å². The number of nitrogens with zero attached hydrogens (tertiary/aromatic N) is 2. The van der Waals surface area contributed by atoms with Gasteiger partial charge in [-0.3, -0.25) is 4.79 Å². The highest BCUT2D eigenvalue weighted by Crippen LogP contribution is 2.25. The molecule has 1 saturated heterocycles. The first-order valence-electron chi connectivity index (χ1n) is 7.46. The molecule has 1 aromatic carbocycles. The molecule has 5 heteroatoms. The van der Waals surface area contributed by atoms with Crippen molar-refractivity contribution in [3.8, 4) is 0 Å². The Morgan fingerprint density at radius 2 is 2.14 bits per heavy atom. The standard InChI is InChI=1S/C16H26N4O/c1-11-9-13(7-8-20(11)4)18-15-10-12(5-6-14(15)17)16(21)19(2)3/h5-6,10-11,13,18H,7-9,17H2,1-4H3. The van der Waals surface area contributed by atoms with Crippen LogP contribution in [-0.2, 0) is 0 Å². The Hall–Kier alpha value is -1.75. The van der Waals surface area contributed by atoms with E-state index in [0.29, 0.717) is 23.3 Å². The summed E-state index contributed by atoms with van der Waals surface area (Å²) in [5.74, 6) is -0.00482. The molecule has 2 unspecified atom stereocenters. The van der Waals surface area contributed by atoms with Gasteiger partial charge >= 0.3 is 0 Å². The SMILES string of the molecule is CC1CC(Nc2cc(C(=O)N(C)C)ccc2N)CCN1C. The molecule has 1 aliphatic heterocycles. The molecule has 0 aliphatic carbocycles. The molecular formula is C16H26N4O. The summed E-state index contributed by atoms with van der Waals surface area (Å²) in [6.45, 7) is 3.32. The number of hydrogen-bond donors (Lipinski definition) is 2. The van der Waals surface area contributed by atoms with E-state index in [-0.39, 0.29) is 5.91 Å². The number of piperidine rings is 1. The molecule has 3 N–H and O–H groups in total. The summed E-state index contributed by atoms with van der Waals surface area (Å²) in [7, 11) is 5.67. The third kappa shape index (κ3) is 3.67. The molecule has 1 aromatic rings. The highest BCUT2D eigenvalue weighted by Gasteiger charge is 2.23. The fraction of sp³-hybridized carbons (Fsp3) is 0.562. The highest BCUT2D eigenvalue weighted by molar-refractivity contribution is 5.95. The predicted octanol–water partition coefficient (Wildman–Crippen LogP) is 1.87. The fourth-order valence-electron chi connectivity index (χ4n) is 2.71. The molecule has 1 aliphatic rings. The second-order valence-corrected chi connectivity index (χ2v) is 6.20. The van der Waals surface area contributed by atoms with E-state index >= 15 is 0 Å². The van der Waals surface area contributed by atoms with Crippen molar-refractivity contribution in [2.24, 2.45) is 0 Å². The van der Waals surface area contributed by atoms with Crippen molar-refractivity contribution in [3.05, 3.63) is 23.8 Å². The monoisotopic (exact) mass is 290 g/mol. The number of anilines is 2. The van der Waals surface area contributed by atoms with Gasteiger partial charge in [0.15, 0.2) is 0 Å². The van der Waals surface area contributed by atoms with Crippen LogP contribution in [0.15, 0.2) is 18.2 Å². The Bertz CT molecular complexity index is 515. The van der Waals surface area contributed by atoms with Crippen molar-refractivity contribution in [3.63, 3.8) is 0 Å². The number of carbonyl (C=O) groups is 1. The van der Waals surface area contributed by atoms with E-state index in [1.165, 1.54) is 0 Å². The van der Waals surface area contributed by atoms with Crippen molar-refractivity contribution < 1.29 is 4.79 Å². The normalized spacial score (nSPS) is 22.9. The lowest BCUT2D eigenvalue weighted by Gasteiger charge is -2.36. The molecule has 5 nitrogen and oxygen atoms in total. The number of carbonyl (C=O) groups excluding carboxylic acids is 1. The molecule has 0 spiro atoms. The minimum Gasteiger partial charge on any atom is -0.397 e. The summed E-state index contributed by atoms with van der Waals surface area (Å²) in [5, 5.41) is 3.51. The number of nitrogens with one attached hydrogen (secondary N) is 1. The molecule has 21 heavy (non-hydrogen) atoms. The number of hydrogen-bond acceptors (Lipinski definition) is 4. The number of benzene rings is 1. The van der Waals surface area contributed by atoms with Crippen molar-refractivity contribution in [1.29, 1.82) is 0 Å². The summed E-state index contributed by atoms with van der Waals surface area (Å²) in [6, 6.07) is 6.41. The summed E-state index contributed by atoms with van der Waals surface area (Å²) in [6.07, 6.45) is 2.17. The average molecular weight is 290 g/mol. The van der Waals surface area contributed by atoms with E-state index in [4.69, 9.17) is 5.73 Å². The number of likely N-dealkylation sites (tertiary alicyclic amines) is 1. The summed E-state index contributed by atoms with van der Waals surface area (Å²) >= 11 is 0. The number of nitrogens with two attached hydrogens (primary N) is 1. The van der Waals surface area contributed by atoms with Crippen LogP contribution < -0.4 is 11.1 Å². The van der Waals surface area contributed by atoms with Crippen molar-refractivity contribution in [2.75, 3.05) is 38.7 Å². The summed E-state index contributed by atoms with van der Waals surface area (Å²) < 4.78 is 0. The van der Waals surface area contributed by atoms with Crippen LogP contribution >= 0.6 is 0 Å². The molecule has 1 amide bonds. The molecule has 1 fully saturated rings. The van der Waals surface area contributed by atoms with E-state index in [1.807, 2.05) is 6.07 Å². The molecule has 0 saturated carbocycles. The smallest absolute Gasteiger partial charge is 0.253 e. The average Bonchev–Trinajstić information content (AvgIpc) is 2.44. The van der Waals surface area contributed by atoms with Gasteiger partial charge in [0.2, 0.25) is 0 Å². The van der Waals surface area contributed by atoms with Gasteiger partial charge in [-0.15, -0.1) is 0 Å².